The number of carbonyl (C=O) groups is 2. The minimum absolute atomic E-state index is 0.160. The van der Waals surface area contributed by atoms with E-state index in [2.05, 4.69) is 10.6 Å². The van der Waals surface area contributed by atoms with Crippen LogP contribution in [0.15, 0.2) is 36.4 Å². The summed E-state index contributed by atoms with van der Waals surface area (Å²) in [5, 5.41) is 16.6. The Morgan fingerprint density at radius 3 is 2.48 bits per heavy atom. The van der Waals surface area contributed by atoms with Crippen molar-refractivity contribution in [2.45, 2.75) is 6.92 Å². The van der Waals surface area contributed by atoms with Gasteiger partial charge < -0.3 is 20.1 Å². The van der Waals surface area contributed by atoms with E-state index in [1.54, 1.807) is 25.1 Å². The molecule has 2 amide bonds. The molecule has 1 heterocycles. The van der Waals surface area contributed by atoms with Gasteiger partial charge in [0.1, 0.15) is 18.8 Å². The van der Waals surface area contributed by atoms with Gasteiger partial charge in [0.2, 0.25) is 0 Å². The van der Waals surface area contributed by atoms with E-state index in [4.69, 9.17) is 9.47 Å². The van der Waals surface area contributed by atoms with Gasteiger partial charge in [-0.2, -0.15) is 0 Å². The fraction of sp³-hybridized carbons (Fsp3) is 0.222. The molecule has 27 heavy (non-hydrogen) atoms. The normalized spacial score (nSPS) is 12.2. The van der Waals surface area contributed by atoms with E-state index >= 15 is 0 Å². The van der Waals surface area contributed by atoms with Crippen LogP contribution in [0.1, 0.15) is 27.6 Å². The molecule has 0 bridgehead atoms. The molecule has 9 heteroatoms. The van der Waals surface area contributed by atoms with Gasteiger partial charge in [0, 0.05) is 23.9 Å². The molecule has 1 aliphatic rings. The summed E-state index contributed by atoms with van der Waals surface area (Å²) >= 11 is 0. The second-order valence-electron chi connectivity index (χ2n) is 5.66. The molecule has 0 aromatic heterocycles. The Balaban J connectivity index is 1.89. The molecule has 1 aliphatic heterocycles. The molecule has 3 rings (SSSR count). The maximum atomic E-state index is 12.6. The molecule has 2 N–H and O–H groups in total. The molecule has 140 valence electrons. The van der Waals surface area contributed by atoms with Crippen LogP contribution in [0, 0.1) is 10.1 Å². The fourth-order valence-corrected chi connectivity index (χ4v) is 2.61. The molecule has 2 aromatic carbocycles. The zero-order chi connectivity index (χ0) is 19.4. The summed E-state index contributed by atoms with van der Waals surface area (Å²) in [6.45, 7) is 2.84. The van der Waals surface area contributed by atoms with Gasteiger partial charge in [0.15, 0.2) is 11.5 Å². The number of nitrogens with one attached hydrogen (secondary N) is 2. The summed E-state index contributed by atoms with van der Waals surface area (Å²) in [7, 11) is 0. The van der Waals surface area contributed by atoms with E-state index in [1.165, 1.54) is 18.2 Å². The molecule has 0 unspecified atom stereocenters. The maximum absolute atomic E-state index is 12.6. The first-order chi connectivity index (χ1) is 13.0. The number of anilines is 1. The van der Waals surface area contributed by atoms with Crippen LogP contribution in [0.25, 0.3) is 0 Å². The quantitative estimate of drug-likeness (QED) is 0.615. The molecule has 0 aliphatic carbocycles. The standard InChI is InChI=1S/C18H17N3O6/c1-2-19-17(22)11-4-3-5-12(8-11)20-18(23)13-9-15-16(27-7-6-26-15)10-14(13)21(24)25/h3-5,8-10H,2,6-7H2,1H3,(H,19,22)(H,20,23). The van der Waals surface area contributed by atoms with E-state index < -0.39 is 16.5 Å². The summed E-state index contributed by atoms with van der Waals surface area (Å²) in [4.78, 5) is 35.2. The minimum Gasteiger partial charge on any atom is -0.486 e. The van der Waals surface area contributed by atoms with Crippen LogP contribution in [-0.2, 0) is 0 Å². The molecule has 0 saturated carbocycles. The van der Waals surface area contributed by atoms with E-state index in [1.807, 2.05) is 0 Å². The number of hydrogen-bond donors (Lipinski definition) is 2. The Labute approximate surface area is 154 Å². The van der Waals surface area contributed by atoms with Crippen molar-refractivity contribution in [1.29, 1.82) is 0 Å². The number of fused-ring (bicyclic) bond motifs is 1. The predicted molar refractivity (Wildman–Crippen MR) is 96.5 cm³/mol. The van der Waals surface area contributed by atoms with Gasteiger partial charge >= 0.3 is 0 Å². The van der Waals surface area contributed by atoms with Crippen molar-refractivity contribution in [3.8, 4) is 11.5 Å². The number of carbonyl (C=O) groups excluding carboxylic acids is 2. The first-order valence-corrected chi connectivity index (χ1v) is 8.27. The number of rotatable bonds is 5. The highest BCUT2D eigenvalue weighted by Gasteiger charge is 2.26. The van der Waals surface area contributed by atoms with Crippen LogP contribution in [0.4, 0.5) is 11.4 Å². The van der Waals surface area contributed by atoms with E-state index in [-0.39, 0.29) is 29.6 Å². The Morgan fingerprint density at radius 1 is 1.11 bits per heavy atom. The van der Waals surface area contributed by atoms with Crippen molar-refractivity contribution in [2.75, 3.05) is 25.1 Å². The molecule has 0 spiro atoms. The lowest BCUT2D eigenvalue weighted by molar-refractivity contribution is -0.385. The second-order valence-corrected chi connectivity index (χ2v) is 5.66. The number of amides is 2. The van der Waals surface area contributed by atoms with Crippen LogP contribution in [0.5, 0.6) is 11.5 Å². The van der Waals surface area contributed by atoms with Crippen LogP contribution < -0.4 is 20.1 Å². The summed E-state index contributed by atoms with van der Waals surface area (Å²) < 4.78 is 10.7. The van der Waals surface area contributed by atoms with Crippen LogP contribution in [0.2, 0.25) is 0 Å². The van der Waals surface area contributed by atoms with Gasteiger partial charge in [-0.05, 0) is 25.1 Å². The molecule has 0 radical (unpaired) electrons. The number of nitro groups is 1. The summed E-state index contributed by atoms with van der Waals surface area (Å²) in [6.07, 6.45) is 0. The van der Waals surface area contributed by atoms with Crippen molar-refractivity contribution in [1.82, 2.24) is 5.32 Å². The van der Waals surface area contributed by atoms with Crippen LogP contribution in [0.3, 0.4) is 0 Å². The first kappa shape index (κ1) is 18.2. The van der Waals surface area contributed by atoms with Crippen molar-refractivity contribution in [2.24, 2.45) is 0 Å². The SMILES string of the molecule is CCNC(=O)c1cccc(NC(=O)c2cc3c(cc2[N+](=O)[O-])OCCO3)c1. The lowest BCUT2D eigenvalue weighted by atomic mass is 10.1. The lowest BCUT2D eigenvalue weighted by Crippen LogP contribution is -2.23. The molecular weight excluding hydrogens is 354 g/mol. The monoisotopic (exact) mass is 371 g/mol. The zero-order valence-corrected chi connectivity index (χ0v) is 14.5. The summed E-state index contributed by atoms with van der Waals surface area (Å²) in [6, 6.07) is 8.76. The predicted octanol–water partition coefficient (Wildman–Crippen LogP) is 2.37. The highest BCUT2D eigenvalue weighted by molar-refractivity contribution is 6.08. The van der Waals surface area contributed by atoms with Crippen molar-refractivity contribution >= 4 is 23.2 Å². The molecular formula is C18H17N3O6. The largest absolute Gasteiger partial charge is 0.486 e. The highest BCUT2D eigenvalue weighted by atomic mass is 16.6. The van der Waals surface area contributed by atoms with Gasteiger partial charge in [0.05, 0.1) is 11.0 Å². The smallest absolute Gasteiger partial charge is 0.286 e. The highest BCUT2D eigenvalue weighted by Crippen LogP contribution is 2.36. The van der Waals surface area contributed by atoms with Gasteiger partial charge in [-0.25, -0.2) is 0 Å². The third-order valence-corrected chi connectivity index (χ3v) is 3.82. The maximum Gasteiger partial charge on any atom is 0.286 e. The molecule has 0 atom stereocenters. The van der Waals surface area contributed by atoms with Crippen LogP contribution >= 0.6 is 0 Å². The Hall–Kier alpha value is -3.62. The first-order valence-electron chi connectivity index (χ1n) is 8.27. The molecule has 0 saturated heterocycles. The second kappa shape index (κ2) is 7.73. The van der Waals surface area contributed by atoms with E-state index in [0.717, 1.165) is 0 Å². The van der Waals surface area contributed by atoms with Crippen molar-refractivity contribution in [3.63, 3.8) is 0 Å². The van der Waals surface area contributed by atoms with Gasteiger partial charge in [0.25, 0.3) is 17.5 Å². The Kier molecular flexibility index (Phi) is 5.20. The average molecular weight is 371 g/mol. The Morgan fingerprint density at radius 2 is 1.81 bits per heavy atom. The van der Waals surface area contributed by atoms with Gasteiger partial charge in [-0.3, -0.25) is 19.7 Å². The van der Waals surface area contributed by atoms with E-state index in [0.29, 0.717) is 24.4 Å². The summed E-state index contributed by atoms with van der Waals surface area (Å²) in [5.74, 6) is -0.471. The number of nitrogens with zero attached hydrogens (tertiary/aromatic N) is 1. The Bertz CT molecular complexity index is 912. The van der Waals surface area contributed by atoms with Crippen molar-refractivity contribution < 1.29 is 24.0 Å². The third kappa shape index (κ3) is 3.97. The zero-order valence-electron chi connectivity index (χ0n) is 14.5. The summed E-state index contributed by atoms with van der Waals surface area (Å²) in [5.41, 5.74) is 0.156. The number of ether oxygens (including phenoxy) is 2. The molecule has 0 fully saturated rings. The van der Waals surface area contributed by atoms with E-state index in [9.17, 15) is 19.7 Å². The third-order valence-electron chi connectivity index (χ3n) is 3.82. The number of hydrogen-bond acceptors (Lipinski definition) is 6. The van der Waals surface area contributed by atoms with Crippen molar-refractivity contribution in [3.05, 3.63) is 57.6 Å². The number of benzene rings is 2. The number of nitro benzene ring substituents is 1. The minimum atomic E-state index is -0.688. The van der Waals surface area contributed by atoms with Gasteiger partial charge in [-0.1, -0.05) is 6.07 Å². The van der Waals surface area contributed by atoms with Gasteiger partial charge in [-0.15, -0.1) is 0 Å². The fourth-order valence-electron chi connectivity index (χ4n) is 2.61. The topological polar surface area (TPSA) is 120 Å². The lowest BCUT2D eigenvalue weighted by Gasteiger charge is -2.19. The van der Waals surface area contributed by atoms with Crippen LogP contribution in [-0.4, -0.2) is 36.5 Å². The molecule has 9 nitrogen and oxygen atoms in total. The molecule has 2 aromatic rings. The average Bonchev–Trinajstić information content (AvgIpc) is 2.67.